The molecule has 1 aliphatic rings. The van der Waals surface area contributed by atoms with E-state index in [0.717, 1.165) is 11.1 Å². The second-order valence-corrected chi connectivity index (χ2v) is 3.71. The minimum absolute atomic E-state index is 0.0822. The van der Waals surface area contributed by atoms with Gasteiger partial charge in [0.25, 0.3) is 0 Å². The van der Waals surface area contributed by atoms with Gasteiger partial charge < -0.3 is 5.32 Å². The number of hydrogen-bond acceptors (Lipinski definition) is 1. The van der Waals surface area contributed by atoms with Crippen molar-refractivity contribution in [2.45, 2.75) is 19.3 Å². The average Bonchev–Trinajstić information content (AvgIpc) is 2.51. The van der Waals surface area contributed by atoms with Crippen molar-refractivity contribution >= 4 is 5.91 Å². The molecule has 0 saturated carbocycles. The second kappa shape index (κ2) is 3.40. The summed E-state index contributed by atoms with van der Waals surface area (Å²) in [5, 5.41) is 2.78. The van der Waals surface area contributed by atoms with Gasteiger partial charge in [-0.1, -0.05) is 6.07 Å². The van der Waals surface area contributed by atoms with Crippen LogP contribution in [-0.4, -0.2) is 12.5 Å². The highest BCUT2D eigenvalue weighted by atomic mass is 19.1. The van der Waals surface area contributed by atoms with Crippen LogP contribution in [0.1, 0.15) is 23.5 Å². The Morgan fingerprint density at radius 3 is 2.86 bits per heavy atom. The third-order valence-electron chi connectivity index (χ3n) is 2.65. The molecule has 0 aliphatic carbocycles. The van der Waals surface area contributed by atoms with Crippen molar-refractivity contribution in [1.29, 1.82) is 0 Å². The molecule has 1 unspecified atom stereocenters. The molecule has 2 nitrogen and oxygen atoms in total. The number of nitrogens with one attached hydrogen (secondary N) is 1. The van der Waals surface area contributed by atoms with Gasteiger partial charge in [-0.25, -0.2) is 4.39 Å². The Balaban J connectivity index is 2.28. The SMILES string of the molecule is Cc1cc(F)ccc1C1CNC(=O)C1. The zero-order chi connectivity index (χ0) is 10.1. The number of benzene rings is 1. The summed E-state index contributed by atoms with van der Waals surface area (Å²) in [6.45, 7) is 2.55. The van der Waals surface area contributed by atoms with Gasteiger partial charge >= 0.3 is 0 Å². The van der Waals surface area contributed by atoms with Gasteiger partial charge in [0.1, 0.15) is 5.82 Å². The third-order valence-corrected chi connectivity index (χ3v) is 2.65. The van der Waals surface area contributed by atoms with Gasteiger partial charge in [-0.2, -0.15) is 0 Å². The van der Waals surface area contributed by atoms with Crippen LogP contribution in [0.15, 0.2) is 18.2 Å². The molecule has 1 heterocycles. The Morgan fingerprint density at radius 1 is 1.50 bits per heavy atom. The first-order valence-electron chi connectivity index (χ1n) is 4.69. The van der Waals surface area contributed by atoms with Crippen molar-refractivity contribution in [2.75, 3.05) is 6.54 Å². The van der Waals surface area contributed by atoms with E-state index in [0.29, 0.717) is 13.0 Å². The molecule has 3 heteroatoms. The fourth-order valence-electron chi connectivity index (χ4n) is 1.92. The monoisotopic (exact) mass is 193 g/mol. The highest BCUT2D eigenvalue weighted by molar-refractivity contribution is 5.79. The van der Waals surface area contributed by atoms with Crippen molar-refractivity contribution in [3.05, 3.63) is 35.1 Å². The standard InChI is InChI=1S/C11H12FNO/c1-7-4-9(12)2-3-10(7)8-5-11(14)13-6-8/h2-4,8H,5-6H2,1H3,(H,13,14). The number of rotatable bonds is 1. The molecule has 1 fully saturated rings. The summed E-state index contributed by atoms with van der Waals surface area (Å²) in [6.07, 6.45) is 0.520. The minimum Gasteiger partial charge on any atom is -0.355 e. The van der Waals surface area contributed by atoms with E-state index < -0.39 is 0 Å². The highest BCUT2D eigenvalue weighted by Crippen LogP contribution is 2.26. The summed E-state index contributed by atoms with van der Waals surface area (Å²) < 4.78 is 12.8. The molecule has 1 atom stereocenters. The molecule has 1 amide bonds. The van der Waals surface area contributed by atoms with E-state index in [1.54, 1.807) is 6.07 Å². The Bertz CT molecular complexity index is 376. The first-order valence-corrected chi connectivity index (χ1v) is 4.69. The van der Waals surface area contributed by atoms with E-state index in [9.17, 15) is 9.18 Å². The van der Waals surface area contributed by atoms with Crippen LogP contribution >= 0.6 is 0 Å². The van der Waals surface area contributed by atoms with Crippen LogP contribution in [0.3, 0.4) is 0 Å². The maximum Gasteiger partial charge on any atom is 0.220 e. The molecular formula is C11H12FNO. The number of hydrogen-bond donors (Lipinski definition) is 1. The summed E-state index contributed by atoms with van der Waals surface area (Å²) in [5.74, 6) is 0.0744. The van der Waals surface area contributed by atoms with E-state index in [-0.39, 0.29) is 17.6 Å². The Kier molecular flexibility index (Phi) is 2.23. The van der Waals surface area contributed by atoms with E-state index in [1.165, 1.54) is 12.1 Å². The van der Waals surface area contributed by atoms with Crippen LogP contribution in [-0.2, 0) is 4.79 Å². The van der Waals surface area contributed by atoms with Crippen molar-refractivity contribution in [3.8, 4) is 0 Å². The van der Waals surface area contributed by atoms with Crippen molar-refractivity contribution in [3.63, 3.8) is 0 Å². The molecule has 0 aromatic heterocycles. The van der Waals surface area contributed by atoms with Crippen molar-refractivity contribution < 1.29 is 9.18 Å². The number of carbonyl (C=O) groups is 1. The molecule has 1 aliphatic heterocycles. The molecule has 14 heavy (non-hydrogen) atoms. The number of amides is 1. The second-order valence-electron chi connectivity index (χ2n) is 3.71. The van der Waals surface area contributed by atoms with Crippen LogP contribution in [0.4, 0.5) is 4.39 Å². The highest BCUT2D eigenvalue weighted by Gasteiger charge is 2.23. The molecule has 0 radical (unpaired) electrons. The van der Waals surface area contributed by atoms with Crippen LogP contribution in [0.5, 0.6) is 0 Å². The van der Waals surface area contributed by atoms with Crippen molar-refractivity contribution in [1.82, 2.24) is 5.32 Å². The molecular weight excluding hydrogens is 181 g/mol. The van der Waals surface area contributed by atoms with Crippen molar-refractivity contribution in [2.24, 2.45) is 0 Å². The fourth-order valence-corrected chi connectivity index (χ4v) is 1.92. The molecule has 1 aromatic rings. The quantitative estimate of drug-likeness (QED) is 0.723. The molecule has 0 spiro atoms. The third kappa shape index (κ3) is 1.62. The molecule has 2 rings (SSSR count). The first-order chi connectivity index (χ1) is 6.66. The largest absolute Gasteiger partial charge is 0.355 e. The van der Waals surface area contributed by atoms with Gasteiger partial charge in [-0.05, 0) is 30.2 Å². The first kappa shape index (κ1) is 9.19. The van der Waals surface area contributed by atoms with E-state index >= 15 is 0 Å². The molecule has 1 N–H and O–H groups in total. The average molecular weight is 193 g/mol. The maximum atomic E-state index is 12.8. The maximum absolute atomic E-state index is 12.8. The Labute approximate surface area is 82.1 Å². The summed E-state index contributed by atoms with van der Waals surface area (Å²) in [5.41, 5.74) is 2.00. The molecule has 0 bridgehead atoms. The smallest absolute Gasteiger partial charge is 0.220 e. The van der Waals surface area contributed by atoms with Crippen LogP contribution < -0.4 is 5.32 Å². The van der Waals surface area contributed by atoms with E-state index in [1.807, 2.05) is 6.92 Å². The zero-order valence-corrected chi connectivity index (χ0v) is 8.01. The topological polar surface area (TPSA) is 29.1 Å². The lowest BCUT2D eigenvalue weighted by atomic mass is 9.94. The summed E-state index contributed by atoms with van der Waals surface area (Å²) in [7, 11) is 0. The molecule has 74 valence electrons. The van der Waals surface area contributed by atoms with E-state index in [4.69, 9.17) is 0 Å². The van der Waals surface area contributed by atoms with Crippen LogP contribution in [0.2, 0.25) is 0 Å². The van der Waals surface area contributed by atoms with Gasteiger partial charge in [0.15, 0.2) is 0 Å². The normalized spacial score (nSPS) is 21.0. The van der Waals surface area contributed by atoms with Gasteiger partial charge in [-0.15, -0.1) is 0 Å². The van der Waals surface area contributed by atoms with E-state index in [2.05, 4.69) is 5.32 Å². The Hall–Kier alpha value is -1.38. The predicted molar refractivity (Wildman–Crippen MR) is 51.5 cm³/mol. The van der Waals surface area contributed by atoms with Gasteiger partial charge in [0.05, 0.1) is 0 Å². The lowest BCUT2D eigenvalue weighted by Crippen LogP contribution is -2.13. The van der Waals surface area contributed by atoms with Crippen LogP contribution in [0, 0.1) is 12.7 Å². The zero-order valence-electron chi connectivity index (χ0n) is 8.01. The van der Waals surface area contributed by atoms with Gasteiger partial charge in [-0.3, -0.25) is 4.79 Å². The summed E-state index contributed by atoms with van der Waals surface area (Å²) >= 11 is 0. The Morgan fingerprint density at radius 2 is 2.29 bits per heavy atom. The summed E-state index contributed by atoms with van der Waals surface area (Å²) in [6, 6.07) is 4.73. The summed E-state index contributed by atoms with van der Waals surface area (Å²) in [4.78, 5) is 11.0. The number of halogens is 1. The molecule has 1 saturated heterocycles. The fraction of sp³-hybridized carbons (Fsp3) is 0.364. The van der Waals surface area contributed by atoms with Gasteiger partial charge in [0, 0.05) is 18.9 Å². The predicted octanol–water partition coefficient (Wildman–Crippen LogP) is 1.74. The lowest BCUT2D eigenvalue weighted by molar-refractivity contribution is -0.119. The lowest BCUT2D eigenvalue weighted by Gasteiger charge is -2.10. The molecule has 1 aromatic carbocycles. The number of aryl methyl sites for hydroxylation is 1. The minimum atomic E-state index is -0.219. The van der Waals surface area contributed by atoms with Gasteiger partial charge in [0.2, 0.25) is 5.91 Å². The van der Waals surface area contributed by atoms with Crippen LogP contribution in [0.25, 0.3) is 0 Å². The number of carbonyl (C=O) groups excluding carboxylic acids is 1.